The number of piperazine rings is 1. The Kier molecular flexibility index (Phi) is 3.96. The van der Waals surface area contributed by atoms with Gasteiger partial charge < -0.3 is 9.84 Å². The Morgan fingerprint density at radius 1 is 1.20 bits per heavy atom. The smallest absolute Gasteiger partial charge is 0.118 e. The first-order valence-corrected chi connectivity index (χ1v) is 7.45. The zero-order valence-electron chi connectivity index (χ0n) is 12.3. The molecule has 1 aromatic rings. The molecule has 20 heavy (non-hydrogen) atoms. The minimum atomic E-state index is -0.131. The van der Waals surface area contributed by atoms with Crippen LogP contribution in [0.1, 0.15) is 18.9 Å². The molecule has 2 heterocycles. The van der Waals surface area contributed by atoms with E-state index < -0.39 is 0 Å². The molecule has 2 fully saturated rings. The molecule has 2 saturated heterocycles. The fourth-order valence-corrected chi connectivity index (χ4v) is 3.46. The normalized spacial score (nSPS) is 31.2. The maximum Gasteiger partial charge on any atom is 0.118 e. The standard InChI is InChI=1S/C16H24N2O2/c1-12-8-18-11-15(19)7-14(18)10-17(12)9-13-3-5-16(20-2)6-4-13/h3-6,12,14-15,19H,7-11H2,1-2H3/t12-,14+,15+/m0/s1. The molecule has 1 N–H and O–H groups in total. The summed E-state index contributed by atoms with van der Waals surface area (Å²) in [5.41, 5.74) is 1.32. The summed E-state index contributed by atoms with van der Waals surface area (Å²) in [6.45, 7) is 6.24. The van der Waals surface area contributed by atoms with Crippen molar-refractivity contribution in [3.8, 4) is 5.75 Å². The van der Waals surface area contributed by atoms with Gasteiger partial charge >= 0.3 is 0 Å². The molecule has 0 aliphatic carbocycles. The monoisotopic (exact) mass is 276 g/mol. The van der Waals surface area contributed by atoms with Gasteiger partial charge in [-0.3, -0.25) is 9.80 Å². The van der Waals surface area contributed by atoms with E-state index in [0.717, 1.165) is 38.3 Å². The van der Waals surface area contributed by atoms with Crippen molar-refractivity contribution in [2.75, 3.05) is 26.7 Å². The average Bonchev–Trinajstić information content (AvgIpc) is 2.79. The van der Waals surface area contributed by atoms with Gasteiger partial charge in [0.15, 0.2) is 0 Å². The van der Waals surface area contributed by atoms with Gasteiger partial charge in [-0.05, 0) is 31.0 Å². The average molecular weight is 276 g/mol. The molecular weight excluding hydrogens is 252 g/mol. The highest BCUT2D eigenvalue weighted by atomic mass is 16.5. The zero-order valence-corrected chi connectivity index (χ0v) is 12.3. The van der Waals surface area contributed by atoms with Gasteiger partial charge in [0.25, 0.3) is 0 Å². The molecule has 2 aliphatic heterocycles. The van der Waals surface area contributed by atoms with Crippen molar-refractivity contribution in [3.05, 3.63) is 29.8 Å². The fourth-order valence-electron chi connectivity index (χ4n) is 3.46. The third-order valence-electron chi connectivity index (χ3n) is 4.62. The number of rotatable bonds is 3. The van der Waals surface area contributed by atoms with E-state index in [2.05, 4.69) is 28.9 Å². The second-order valence-electron chi connectivity index (χ2n) is 6.12. The number of ether oxygens (including phenoxy) is 1. The molecule has 4 heteroatoms. The molecule has 0 bridgehead atoms. The number of fused-ring (bicyclic) bond motifs is 1. The van der Waals surface area contributed by atoms with E-state index in [1.807, 2.05) is 12.1 Å². The zero-order chi connectivity index (χ0) is 14.1. The minimum absolute atomic E-state index is 0.131. The third kappa shape index (κ3) is 2.82. The van der Waals surface area contributed by atoms with Crippen molar-refractivity contribution < 1.29 is 9.84 Å². The number of hydrogen-bond acceptors (Lipinski definition) is 4. The van der Waals surface area contributed by atoms with Crippen molar-refractivity contribution in [3.63, 3.8) is 0 Å². The van der Waals surface area contributed by atoms with E-state index in [1.165, 1.54) is 5.56 Å². The van der Waals surface area contributed by atoms with Gasteiger partial charge in [-0.1, -0.05) is 12.1 Å². The van der Waals surface area contributed by atoms with Gasteiger partial charge in [-0.15, -0.1) is 0 Å². The van der Waals surface area contributed by atoms with Crippen molar-refractivity contribution in [1.29, 1.82) is 0 Å². The quantitative estimate of drug-likeness (QED) is 0.903. The Labute approximate surface area is 120 Å². The van der Waals surface area contributed by atoms with Crippen LogP contribution in [0.15, 0.2) is 24.3 Å². The lowest BCUT2D eigenvalue weighted by Crippen LogP contribution is -2.54. The third-order valence-corrected chi connectivity index (χ3v) is 4.62. The lowest BCUT2D eigenvalue weighted by atomic mass is 10.1. The fraction of sp³-hybridized carbons (Fsp3) is 0.625. The van der Waals surface area contributed by atoms with Crippen molar-refractivity contribution in [2.24, 2.45) is 0 Å². The Bertz CT molecular complexity index is 448. The van der Waals surface area contributed by atoms with E-state index in [-0.39, 0.29) is 6.10 Å². The van der Waals surface area contributed by atoms with Gasteiger partial charge in [0.05, 0.1) is 13.2 Å². The molecule has 0 unspecified atom stereocenters. The number of methoxy groups -OCH3 is 1. The molecule has 0 radical (unpaired) electrons. The van der Waals surface area contributed by atoms with Crippen molar-refractivity contribution in [2.45, 2.75) is 38.1 Å². The molecule has 0 amide bonds. The van der Waals surface area contributed by atoms with E-state index in [0.29, 0.717) is 12.1 Å². The first-order valence-electron chi connectivity index (χ1n) is 7.45. The Balaban J connectivity index is 1.64. The molecule has 1 aromatic carbocycles. The van der Waals surface area contributed by atoms with Crippen LogP contribution in [0.25, 0.3) is 0 Å². The topological polar surface area (TPSA) is 35.9 Å². The summed E-state index contributed by atoms with van der Waals surface area (Å²) in [6.07, 6.45) is 0.791. The molecule has 0 aromatic heterocycles. The summed E-state index contributed by atoms with van der Waals surface area (Å²) in [7, 11) is 1.70. The molecule has 110 valence electrons. The summed E-state index contributed by atoms with van der Waals surface area (Å²) in [5.74, 6) is 0.908. The highest BCUT2D eigenvalue weighted by Crippen LogP contribution is 2.26. The summed E-state index contributed by atoms with van der Waals surface area (Å²) >= 11 is 0. The highest BCUT2D eigenvalue weighted by Gasteiger charge is 2.37. The maximum absolute atomic E-state index is 9.81. The van der Waals surface area contributed by atoms with E-state index in [4.69, 9.17) is 4.74 Å². The predicted molar refractivity (Wildman–Crippen MR) is 78.9 cm³/mol. The van der Waals surface area contributed by atoms with Crippen LogP contribution in [0.2, 0.25) is 0 Å². The number of aliphatic hydroxyl groups is 1. The van der Waals surface area contributed by atoms with Crippen LogP contribution in [0.4, 0.5) is 0 Å². The van der Waals surface area contributed by atoms with Crippen molar-refractivity contribution in [1.82, 2.24) is 9.80 Å². The molecule has 2 aliphatic rings. The first-order chi connectivity index (χ1) is 9.65. The predicted octanol–water partition coefficient (Wildman–Crippen LogP) is 1.33. The molecule has 4 nitrogen and oxygen atoms in total. The lowest BCUT2D eigenvalue weighted by Gasteiger charge is -2.42. The molecule has 3 rings (SSSR count). The van der Waals surface area contributed by atoms with Crippen LogP contribution in [0.3, 0.4) is 0 Å². The Hall–Kier alpha value is -1.10. The maximum atomic E-state index is 9.81. The van der Waals surface area contributed by atoms with Gasteiger partial charge in [-0.25, -0.2) is 0 Å². The second kappa shape index (κ2) is 5.72. The van der Waals surface area contributed by atoms with E-state index in [1.54, 1.807) is 7.11 Å². The van der Waals surface area contributed by atoms with Crippen molar-refractivity contribution >= 4 is 0 Å². The number of hydrogen-bond donors (Lipinski definition) is 1. The molecule has 3 atom stereocenters. The second-order valence-corrected chi connectivity index (χ2v) is 6.12. The minimum Gasteiger partial charge on any atom is -0.497 e. The number of benzene rings is 1. The first kappa shape index (κ1) is 13.9. The largest absolute Gasteiger partial charge is 0.497 e. The Morgan fingerprint density at radius 3 is 2.65 bits per heavy atom. The van der Waals surface area contributed by atoms with Crippen LogP contribution in [0, 0.1) is 0 Å². The lowest BCUT2D eigenvalue weighted by molar-refractivity contribution is 0.0528. The van der Waals surface area contributed by atoms with Gasteiger partial charge in [0, 0.05) is 38.3 Å². The van der Waals surface area contributed by atoms with Gasteiger partial charge in [-0.2, -0.15) is 0 Å². The van der Waals surface area contributed by atoms with Gasteiger partial charge in [0.1, 0.15) is 5.75 Å². The van der Waals surface area contributed by atoms with Crippen LogP contribution >= 0.6 is 0 Å². The summed E-state index contributed by atoms with van der Waals surface area (Å²) in [4.78, 5) is 4.97. The summed E-state index contributed by atoms with van der Waals surface area (Å²) in [6, 6.07) is 9.40. The molecular formula is C16H24N2O2. The number of aliphatic hydroxyl groups excluding tert-OH is 1. The summed E-state index contributed by atoms with van der Waals surface area (Å²) < 4.78 is 5.20. The van der Waals surface area contributed by atoms with E-state index in [9.17, 15) is 5.11 Å². The van der Waals surface area contributed by atoms with Crippen LogP contribution in [0.5, 0.6) is 5.75 Å². The summed E-state index contributed by atoms with van der Waals surface area (Å²) in [5, 5.41) is 9.81. The van der Waals surface area contributed by atoms with Crippen LogP contribution < -0.4 is 4.74 Å². The van der Waals surface area contributed by atoms with Crippen LogP contribution in [-0.4, -0.2) is 59.8 Å². The SMILES string of the molecule is COc1ccc(CN2C[C@H]3C[C@@H](O)CN3C[C@@H]2C)cc1. The van der Waals surface area contributed by atoms with Crippen LogP contribution in [-0.2, 0) is 6.54 Å². The Morgan fingerprint density at radius 2 is 1.95 bits per heavy atom. The molecule has 0 spiro atoms. The highest BCUT2D eigenvalue weighted by molar-refractivity contribution is 5.27. The molecule has 0 saturated carbocycles. The van der Waals surface area contributed by atoms with Gasteiger partial charge in [0.2, 0.25) is 0 Å². The number of nitrogens with zero attached hydrogens (tertiary/aromatic N) is 2. The van der Waals surface area contributed by atoms with E-state index >= 15 is 0 Å².